The molecule has 0 radical (unpaired) electrons. The summed E-state index contributed by atoms with van der Waals surface area (Å²) in [7, 11) is 0. The van der Waals surface area contributed by atoms with Crippen molar-refractivity contribution in [3.63, 3.8) is 0 Å². The number of rotatable bonds is 1. The van der Waals surface area contributed by atoms with Crippen LogP contribution in [0, 0.1) is 0 Å². The fourth-order valence-electron chi connectivity index (χ4n) is 2.81. The van der Waals surface area contributed by atoms with Gasteiger partial charge in [-0.1, -0.05) is 13.8 Å². The molecule has 3 rings (SSSR count). The molecular weight excluding hydrogens is 254 g/mol. The maximum atomic E-state index is 6.35. The minimum Gasteiger partial charge on any atom is -0.396 e. The second kappa shape index (κ2) is 4.93. The summed E-state index contributed by atoms with van der Waals surface area (Å²) >= 11 is 2.05. The van der Waals surface area contributed by atoms with Gasteiger partial charge in [0.2, 0.25) is 0 Å². The number of benzene rings is 1. The first kappa shape index (κ1) is 12.6. The number of hydrogen-bond donors (Lipinski definition) is 1. The Morgan fingerprint density at radius 2 is 1.95 bits per heavy atom. The summed E-state index contributed by atoms with van der Waals surface area (Å²) < 4.78 is 0. The number of nitrogen functional groups attached to an aromatic ring is 1. The summed E-state index contributed by atoms with van der Waals surface area (Å²) in [5.74, 6) is 0. The lowest BCUT2D eigenvalue weighted by atomic mass is 10.1. The molecule has 2 atom stereocenters. The van der Waals surface area contributed by atoms with Gasteiger partial charge >= 0.3 is 0 Å². The van der Waals surface area contributed by atoms with E-state index < -0.39 is 0 Å². The lowest BCUT2D eigenvalue weighted by Gasteiger charge is -2.37. The van der Waals surface area contributed by atoms with Crippen LogP contribution in [0.5, 0.6) is 0 Å². The number of nitrogens with zero attached hydrogens (tertiary/aromatic N) is 2. The van der Waals surface area contributed by atoms with Gasteiger partial charge in [0.25, 0.3) is 0 Å². The summed E-state index contributed by atoms with van der Waals surface area (Å²) in [5.41, 5.74) is 9.33. The Morgan fingerprint density at radius 1 is 1.21 bits per heavy atom. The first-order valence-electron chi connectivity index (χ1n) is 6.69. The van der Waals surface area contributed by atoms with Crippen molar-refractivity contribution >= 4 is 34.0 Å². The fraction of sp³-hybridized carbons (Fsp3) is 0.400. The maximum absolute atomic E-state index is 6.35. The summed E-state index contributed by atoms with van der Waals surface area (Å²) in [6, 6.07) is 8.17. The van der Waals surface area contributed by atoms with Crippen LogP contribution in [0.4, 0.5) is 11.4 Å². The van der Waals surface area contributed by atoms with Gasteiger partial charge in [0.15, 0.2) is 0 Å². The van der Waals surface area contributed by atoms with Gasteiger partial charge in [0.05, 0.1) is 16.9 Å². The molecule has 0 aliphatic carbocycles. The number of anilines is 2. The topological polar surface area (TPSA) is 42.2 Å². The van der Waals surface area contributed by atoms with Gasteiger partial charge in [0, 0.05) is 35.2 Å². The SMILES string of the molecule is CC1CN(c2ccc3ncccc3c2N)CC(C)S1. The highest BCUT2D eigenvalue weighted by Gasteiger charge is 2.24. The Kier molecular flexibility index (Phi) is 3.27. The standard InChI is InChI=1S/C15H19N3S/c1-10-8-18(9-11(2)19-10)14-6-5-13-12(15(14)16)4-3-7-17-13/h3-7,10-11H,8-9,16H2,1-2H3. The second-order valence-electron chi connectivity index (χ2n) is 5.23. The van der Waals surface area contributed by atoms with Gasteiger partial charge in [-0.25, -0.2) is 0 Å². The van der Waals surface area contributed by atoms with E-state index in [-0.39, 0.29) is 0 Å². The van der Waals surface area contributed by atoms with E-state index in [4.69, 9.17) is 5.73 Å². The van der Waals surface area contributed by atoms with Crippen LogP contribution in [0.25, 0.3) is 10.9 Å². The highest BCUT2D eigenvalue weighted by atomic mass is 32.2. The van der Waals surface area contributed by atoms with E-state index in [0.717, 1.165) is 35.4 Å². The zero-order chi connectivity index (χ0) is 13.4. The summed E-state index contributed by atoms with van der Waals surface area (Å²) in [4.78, 5) is 6.77. The van der Waals surface area contributed by atoms with Crippen LogP contribution in [0.2, 0.25) is 0 Å². The fourth-order valence-corrected chi connectivity index (χ4v) is 4.14. The van der Waals surface area contributed by atoms with Crippen LogP contribution in [-0.2, 0) is 0 Å². The van der Waals surface area contributed by atoms with Crippen molar-refractivity contribution in [3.8, 4) is 0 Å². The Balaban J connectivity index is 2.03. The molecule has 0 spiro atoms. The smallest absolute Gasteiger partial charge is 0.0724 e. The first-order valence-corrected chi connectivity index (χ1v) is 7.63. The van der Waals surface area contributed by atoms with Crippen molar-refractivity contribution in [1.29, 1.82) is 0 Å². The predicted octanol–water partition coefficient (Wildman–Crippen LogP) is 3.15. The lowest BCUT2D eigenvalue weighted by Crippen LogP contribution is -2.40. The summed E-state index contributed by atoms with van der Waals surface area (Å²) in [5, 5.41) is 2.35. The molecule has 1 aromatic heterocycles. The molecule has 1 aliphatic rings. The molecule has 2 heterocycles. The van der Waals surface area contributed by atoms with Crippen molar-refractivity contribution in [2.45, 2.75) is 24.3 Å². The van der Waals surface area contributed by atoms with Gasteiger partial charge in [-0.3, -0.25) is 4.98 Å². The van der Waals surface area contributed by atoms with Gasteiger partial charge in [0.1, 0.15) is 0 Å². The third kappa shape index (κ3) is 2.37. The third-order valence-electron chi connectivity index (χ3n) is 3.56. The molecule has 3 nitrogen and oxygen atoms in total. The normalized spacial score (nSPS) is 23.8. The molecule has 100 valence electrons. The summed E-state index contributed by atoms with van der Waals surface area (Å²) in [6.07, 6.45) is 1.81. The van der Waals surface area contributed by atoms with E-state index in [9.17, 15) is 0 Å². The molecule has 2 N–H and O–H groups in total. The molecule has 0 saturated carbocycles. The molecule has 0 amide bonds. The van der Waals surface area contributed by atoms with Crippen molar-refractivity contribution in [2.75, 3.05) is 23.7 Å². The number of fused-ring (bicyclic) bond motifs is 1. The number of pyridine rings is 1. The van der Waals surface area contributed by atoms with Crippen LogP contribution in [0.3, 0.4) is 0 Å². The molecule has 4 heteroatoms. The van der Waals surface area contributed by atoms with E-state index in [1.807, 2.05) is 18.3 Å². The van der Waals surface area contributed by atoms with Gasteiger partial charge in [-0.2, -0.15) is 11.8 Å². The average molecular weight is 273 g/mol. The Bertz CT molecular complexity index is 589. The quantitative estimate of drug-likeness (QED) is 0.811. The molecule has 1 aromatic carbocycles. The number of nitrogens with two attached hydrogens (primary N) is 1. The van der Waals surface area contributed by atoms with Crippen molar-refractivity contribution < 1.29 is 0 Å². The van der Waals surface area contributed by atoms with Crippen LogP contribution >= 0.6 is 11.8 Å². The van der Waals surface area contributed by atoms with Gasteiger partial charge in [-0.15, -0.1) is 0 Å². The average Bonchev–Trinajstić information content (AvgIpc) is 2.38. The predicted molar refractivity (Wildman–Crippen MR) is 84.9 cm³/mol. The lowest BCUT2D eigenvalue weighted by molar-refractivity contribution is 0.729. The van der Waals surface area contributed by atoms with Crippen LogP contribution in [-0.4, -0.2) is 28.6 Å². The van der Waals surface area contributed by atoms with E-state index in [1.54, 1.807) is 0 Å². The second-order valence-corrected chi connectivity index (χ2v) is 7.11. The van der Waals surface area contributed by atoms with Crippen LogP contribution in [0.15, 0.2) is 30.5 Å². The number of thioether (sulfide) groups is 1. The largest absolute Gasteiger partial charge is 0.396 e. The minimum atomic E-state index is 0.646. The van der Waals surface area contributed by atoms with Gasteiger partial charge < -0.3 is 10.6 Å². The molecule has 1 aliphatic heterocycles. The zero-order valence-electron chi connectivity index (χ0n) is 11.3. The highest BCUT2D eigenvalue weighted by Crippen LogP contribution is 2.34. The third-order valence-corrected chi connectivity index (χ3v) is 4.79. The van der Waals surface area contributed by atoms with Crippen molar-refractivity contribution in [3.05, 3.63) is 30.5 Å². The Morgan fingerprint density at radius 3 is 2.68 bits per heavy atom. The number of hydrogen-bond acceptors (Lipinski definition) is 4. The Labute approximate surface area is 118 Å². The molecule has 2 aromatic rings. The van der Waals surface area contributed by atoms with E-state index >= 15 is 0 Å². The summed E-state index contributed by atoms with van der Waals surface area (Å²) in [6.45, 7) is 6.69. The monoisotopic (exact) mass is 273 g/mol. The molecule has 19 heavy (non-hydrogen) atoms. The van der Waals surface area contributed by atoms with Crippen LogP contribution < -0.4 is 10.6 Å². The molecule has 1 fully saturated rings. The minimum absolute atomic E-state index is 0.646. The Hall–Kier alpha value is -1.42. The van der Waals surface area contributed by atoms with Crippen molar-refractivity contribution in [2.24, 2.45) is 0 Å². The van der Waals surface area contributed by atoms with E-state index in [0.29, 0.717) is 10.5 Å². The van der Waals surface area contributed by atoms with Crippen LogP contribution in [0.1, 0.15) is 13.8 Å². The van der Waals surface area contributed by atoms with E-state index in [2.05, 4.69) is 47.6 Å². The molecule has 1 saturated heterocycles. The van der Waals surface area contributed by atoms with E-state index in [1.165, 1.54) is 0 Å². The molecule has 0 bridgehead atoms. The molecular formula is C15H19N3S. The zero-order valence-corrected chi connectivity index (χ0v) is 12.2. The maximum Gasteiger partial charge on any atom is 0.0724 e. The molecule has 2 unspecified atom stereocenters. The number of aromatic nitrogens is 1. The first-order chi connectivity index (χ1) is 9.15. The highest BCUT2D eigenvalue weighted by molar-refractivity contribution is 8.00. The van der Waals surface area contributed by atoms with Crippen molar-refractivity contribution in [1.82, 2.24) is 4.98 Å². The van der Waals surface area contributed by atoms with Gasteiger partial charge in [-0.05, 0) is 24.3 Å².